The van der Waals surface area contributed by atoms with E-state index in [0.717, 1.165) is 22.6 Å². The van der Waals surface area contributed by atoms with Crippen LogP contribution >= 0.6 is 0 Å². The van der Waals surface area contributed by atoms with Gasteiger partial charge in [-0.2, -0.15) is 0 Å². The molecule has 0 bridgehead atoms. The van der Waals surface area contributed by atoms with Gasteiger partial charge in [-0.3, -0.25) is 0 Å². The molecule has 1 rings (SSSR count). The van der Waals surface area contributed by atoms with Crippen molar-refractivity contribution in [3.8, 4) is 11.5 Å². The molecule has 0 spiro atoms. The second-order valence-corrected chi connectivity index (χ2v) is 4.49. The Balaban J connectivity index is 3.43. The largest absolute Gasteiger partial charge is 0.496 e. The number of hydrogen-bond donors (Lipinski definition) is 1. The molecule has 0 heterocycles. The van der Waals surface area contributed by atoms with Crippen molar-refractivity contribution in [2.75, 3.05) is 21.3 Å². The van der Waals surface area contributed by atoms with Crippen LogP contribution in [0, 0.1) is 0 Å². The molecule has 0 atom stereocenters. The Morgan fingerprint density at radius 1 is 1.12 bits per heavy atom. The van der Waals surface area contributed by atoms with Gasteiger partial charge in [0.15, 0.2) is 0 Å². The van der Waals surface area contributed by atoms with E-state index in [1.165, 1.54) is 0 Å². The third kappa shape index (κ3) is 2.90. The molecule has 1 aromatic carbocycles. The van der Waals surface area contributed by atoms with Gasteiger partial charge >= 0.3 is 0 Å². The highest BCUT2D eigenvalue weighted by atomic mass is 16.5. The van der Waals surface area contributed by atoms with Crippen LogP contribution < -0.4 is 15.2 Å². The summed E-state index contributed by atoms with van der Waals surface area (Å²) in [4.78, 5) is 0. The van der Waals surface area contributed by atoms with Crippen molar-refractivity contribution < 1.29 is 14.2 Å². The lowest BCUT2D eigenvalue weighted by Crippen LogP contribution is -2.30. The maximum Gasteiger partial charge on any atom is 0.133 e. The van der Waals surface area contributed by atoms with Gasteiger partial charge in [-0.05, 0) is 26.0 Å². The van der Waals surface area contributed by atoms with Crippen LogP contribution in [0.3, 0.4) is 0 Å². The van der Waals surface area contributed by atoms with Crippen LogP contribution in [-0.2, 0) is 16.9 Å². The molecule has 0 aromatic heterocycles. The van der Waals surface area contributed by atoms with Crippen LogP contribution in [0.5, 0.6) is 11.5 Å². The smallest absolute Gasteiger partial charge is 0.133 e. The van der Waals surface area contributed by atoms with Gasteiger partial charge in [0.1, 0.15) is 11.5 Å². The molecular weight excluding hydrogens is 218 g/mol. The molecule has 96 valence electrons. The van der Waals surface area contributed by atoms with Gasteiger partial charge in [-0.25, -0.2) is 0 Å². The lowest BCUT2D eigenvalue weighted by molar-refractivity contribution is 0.181. The molecule has 0 aliphatic carbocycles. The minimum absolute atomic E-state index is 0.482. The average molecular weight is 239 g/mol. The molecule has 0 saturated heterocycles. The fourth-order valence-corrected chi connectivity index (χ4v) is 1.89. The van der Waals surface area contributed by atoms with Gasteiger partial charge < -0.3 is 19.9 Å². The summed E-state index contributed by atoms with van der Waals surface area (Å²) in [6.45, 7) is 4.32. The number of nitrogens with two attached hydrogens (primary N) is 1. The summed E-state index contributed by atoms with van der Waals surface area (Å²) in [7, 11) is 4.90. The topological polar surface area (TPSA) is 53.7 Å². The first-order chi connectivity index (χ1) is 7.95. The van der Waals surface area contributed by atoms with Crippen LogP contribution in [0.2, 0.25) is 0 Å². The average Bonchev–Trinajstić information content (AvgIpc) is 2.27. The molecule has 0 aliphatic heterocycles. The quantitative estimate of drug-likeness (QED) is 0.854. The van der Waals surface area contributed by atoms with Gasteiger partial charge in [-0.15, -0.1) is 0 Å². The summed E-state index contributed by atoms with van der Waals surface area (Å²) in [6, 6.07) is 3.82. The van der Waals surface area contributed by atoms with E-state index < -0.39 is 5.54 Å². The third-order valence-corrected chi connectivity index (χ3v) is 2.57. The zero-order valence-corrected chi connectivity index (χ0v) is 11.2. The maximum atomic E-state index is 6.17. The van der Waals surface area contributed by atoms with E-state index >= 15 is 0 Å². The summed E-state index contributed by atoms with van der Waals surface area (Å²) >= 11 is 0. The highest BCUT2D eigenvalue weighted by molar-refractivity contribution is 5.53. The number of benzene rings is 1. The molecule has 0 aliphatic rings. The van der Waals surface area contributed by atoms with Crippen molar-refractivity contribution in [1.29, 1.82) is 0 Å². The van der Waals surface area contributed by atoms with Crippen LogP contribution in [0.4, 0.5) is 0 Å². The van der Waals surface area contributed by atoms with Crippen molar-refractivity contribution in [3.05, 3.63) is 23.3 Å². The first-order valence-corrected chi connectivity index (χ1v) is 5.47. The van der Waals surface area contributed by atoms with E-state index in [1.54, 1.807) is 21.3 Å². The molecule has 0 amide bonds. The number of ether oxygens (including phenoxy) is 3. The number of methoxy groups -OCH3 is 3. The van der Waals surface area contributed by atoms with Gasteiger partial charge in [0.25, 0.3) is 0 Å². The Hall–Kier alpha value is -1.26. The Bertz CT molecular complexity index is 383. The lowest BCUT2D eigenvalue weighted by Gasteiger charge is -2.26. The SMILES string of the molecule is COCc1ccc(OC)c(C(C)(C)N)c1OC. The Labute approximate surface area is 103 Å². The lowest BCUT2D eigenvalue weighted by atomic mass is 9.91. The van der Waals surface area contributed by atoms with Crippen LogP contribution in [0.1, 0.15) is 25.0 Å². The van der Waals surface area contributed by atoms with E-state index in [-0.39, 0.29) is 0 Å². The predicted octanol–water partition coefficient (Wildman–Crippen LogP) is 2.04. The van der Waals surface area contributed by atoms with E-state index in [0.29, 0.717) is 6.61 Å². The van der Waals surface area contributed by atoms with E-state index in [1.807, 2.05) is 26.0 Å². The van der Waals surface area contributed by atoms with Gasteiger partial charge in [0.2, 0.25) is 0 Å². The number of rotatable bonds is 5. The minimum Gasteiger partial charge on any atom is -0.496 e. The summed E-state index contributed by atoms with van der Waals surface area (Å²) in [5.74, 6) is 1.47. The third-order valence-electron chi connectivity index (χ3n) is 2.57. The van der Waals surface area contributed by atoms with Crippen molar-refractivity contribution in [1.82, 2.24) is 0 Å². The van der Waals surface area contributed by atoms with Crippen molar-refractivity contribution in [3.63, 3.8) is 0 Å². The molecule has 4 heteroatoms. The highest BCUT2D eigenvalue weighted by Crippen LogP contribution is 2.38. The van der Waals surface area contributed by atoms with Crippen molar-refractivity contribution in [2.45, 2.75) is 26.0 Å². The molecule has 1 aromatic rings. The van der Waals surface area contributed by atoms with Gasteiger partial charge in [0, 0.05) is 18.2 Å². The Morgan fingerprint density at radius 2 is 1.76 bits per heavy atom. The molecule has 4 nitrogen and oxygen atoms in total. The second kappa shape index (κ2) is 5.38. The number of hydrogen-bond acceptors (Lipinski definition) is 4. The zero-order valence-electron chi connectivity index (χ0n) is 11.2. The summed E-state index contributed by atoms with van der Waals surface area (Å²) < 4.78 is 16.0. The monoisotopic (exact) mass is 239 g/mol. The molecule has 17 heavy (non-hydrogen) atoms. The minimum atomic E-state index is -0.541. The summed E-state index contributed by atoms with van der Waals surface area (Å²) in [6.07, 6.45) is 0. The molecule has 2 N–H and O–H groups in total. The van der Waals surface area contributed by atoms with Crippen LogP contribution in [-0.4, -0.2) is 21.3 Å². The Morgan fingerprint density at radius 3 is 2.18 bits per heavy atom. The fourth-order valence-electron chi connectivity index (χ4n) is 1.89. The summed E-state index contributed by atoms with van der Waals surface area (Å²) in [5, 5.41) is 0. The molecule has 0 saturated carbocycles. The van der Waals surface area contributed by atoms with Crippen LogP contribution in [0.25, 0.3) is 0 Å². The van der Waals surface area contributed by atoms with Gasteiger partial charge in [0.05, 0.1) is 26.4 Å². The zero-order chi connectivity index (χ0) is 13.1. The maximum absolute atomic E-state index is 6.17. The predicted molar refractivity (Wildman–Crippen MR) is 67.5 cm³/mol. The highest BCUT2D eigenvalue weighted by Gasteiger charge is 2.26. The second-order valence-electron chi connectivity index (χ2n) is 4.49. The van der Waals surface area contributed by atoms with E-state index in [4.69, 9.17) is 19.9 Å². The first kappa shape index (κ1) is 13.8. The first-order valence-electron chi connectivity index (χ1n) is 5.47. The van der Waals surface area contributed by atoms with E-state index in [2.05, 4.69) is 0 Å². The standard InChI is InChI=1S/C13H21NO3/c1-13(2,14)11-10(16-4)7-6-9(8-15-3)12(11)17-5/h6-7H,8,14H2,1-5H3. The van der Waals surface area contributed by atoms with Crippen molar-refractivity contribution in [2.24, 2.45) is 5.73 Å². The Kier molecular flexibility index (Phi) is 4.37. The van der Waals surface area contributed by atoms with Gasteiger partial charge in [-0.1, -0.05) is 0 Å². The summed E-state index contributed by atoms with van der Waals surface area (Å²) in [5.41, 5.74) is 7.45. The normalized spacial score (nSPS) is 11.4. The molecule has 0 radical (unpaired) electrons. The van der Waals surface area contributed by atoms with Crippen molar-refractivity contribution >= 4 is 0 Å². The van der Waals surface area contributed by atoms with Crippen LogP contribution in [0.15, 0.2) is 12.1 Å². The molecular formula is C13H21NO3. The fraction of sp³-hybridized carbons (Fsp3) is 0.538. The molecule has 0 unspecified atom stereocenters. The van der Waals surface area contributed by atoms with E-state index in [9.17, 15) is 0 Å². The molecule has 0 fully saturated rings.